The molecule has 0 spiro atoms. The molecule has 37 heavy (non-hydrogen) atoms. The summed E-state index contributed by atoms with van der Waals surface area (Å²) >= 11 is 10.2. The van der Waals surface area contributed by atoms with E-state index < -0.39 is 11.9 Å². The first-order valence-electron chi connectivity index (χ1n) is 11.1. The summed E-state index contributed by atoms with van der Waals surface area (Å²) in [5, 5.41) is 0.215. The number of methoxy groups -OCH3 is 1. The van der Waals surface area contributed by atoms with Gasteiger partial charge in [-0.05, 0) is 100 Å². The van der Waals surface area contributed by atoms with Crippen LogP contribution in [0, 0.1) is 0 Å². The van der Waals surface area contributed by atoms with Crippen molar-refractivity contribution in [2.45, 2.75) is 13.5 Å². The number of hydrogen-bond acceptors (Lipinski definition) is 7. The Bertz CT molecular complexity index is 1370. The molecule has 0 atom stereocenters. The number of ether oxygens (including phenoxy) is 3. The van der Waals surface area contributed by atoms with Crippen molar-refractivity contribution in [2.24, 2.45) is 0 Å². The Morgan fingerprint density at radius 2 is 1.78 bits per heavy atom. The summed E-state index contributed by atoms with van der Waals surface area (Å²) in [5.41, 5.74) is 1.72. The molecule has 1 fully saturated rings. The second-order valence-electron chi connectivity index (χ2n) is 7.78. The highest BCUT2D eigenvalue weighted by atomic mass is 79.9. The Morgan fingerprint density at radius 3 is 2.43 bits per heavy atom. The second kappa shape index (κ2) is 11.9. The fraction of sp³-hybridized carbons (Fsp3) is 0.148. The normalized spacial score (nSPS) is 14.3. The molecular weight excluding hydrogens is 582 g/mol. The van der Waals surface area contributed by atoms with E-state index in [1.807, 2.05) is 0 Å². The molecular formula is C27H21BrClNO6S. The van der Waals surface area contributed by atoms with E-state index in [2.05, 4.69) is 15.9 Å². The number of thioether (sulfide) groups is 1. The van der Waals surface area contributed by atoms with Crippen molar-refractivity contribution < 1.29 is 28.6 Å². The maximum atomic E-state index is 13.0. The molecule has 0 N–H and O–H groups in total. The first kappa shape index (κ1) is 26.8. The van der Waals surface area contributed by atoms with Gasteiger partial charge >= 0.3 is 5.97 Å². The predicted molar refractivity (Wildman–Crippen MR) is 146 cm³/mol. The lowest BCUT2D eigenvalue weighted by Gasteiger charge is -2.14. The zero-order valence-corrected chi connectivity index (χ0v) is 23.0. The quantitative estimate of drug-likeness (QED) is 0.157. The molecule has 0 radical (unpaired) electrons. The van der Waals surface area contributed by atoms with Crippen molar-refractivity contribution in [2.75, 3.05) is 13.7 Å². The van der Waals surface area contributed by atoms with Crippen LogP contribution in [0.1, 0.15) is 28.4 Å². The Morgan fingerprint density at radius 1 is 1.08 bits per heavy atom. The summed E-state index contributed by atoms with van der Waals surface area (Å²) in [6.45, 7) is 2.27. The highest BCUT2D eigenvalue weighted by molar-refractivity contribution is 9.10. The first-order chi connectivity index (χ1) is 17.8. The molecule has 7 nitrogen and oxygen atoms in total. The van der Waals surface area contributed by atoms with Crippen molar-refractivity contribution in [3.05, 3.63) is 91.8 Å². The SMILES string of the molecule is CCOc1cc(/C=C2\SC(=O)N(Cc3ccc(Cl)cc3)C2=O)cc(Br)c1OC(=O)c1ccc(OC)cc1. The Hall–Kier alpha value is -3.27. The summed E-state index contributed by atoms with van der Waals surface area (Å²) in [7, 11) is 1.54. The van der Waals surface area contributed by atoms with Gasteiger partial charge in [0, 0.05) is 5.02 Å². The van der Waals surface area contributed by atoms with Crippen LogP contribution in [0.25, 0.3) is 6.08 Å². The van der Waals surface area contributed by atoms with Crippen molar-refractivity contribution in [1.29, 1.82) is 0 Å². The smallest absolute Gasteiger partial charge is 0.343 e. The number of carbonyl (C=O) groups is 3. The Labute approximate surface area is 231 Å². The van der Waals surface area contributed by atoms with Crippen LogP contribution < -0.4 is 14.2 Å². The first-order valence-corrected chi connectivity index (χ1v) is 13.1. The second-order valence-corrected chi connectivity index (χ2v) is 10.1. The maximum Gasteiger partial charge on any atom is 0.343 e. The monoisotopic (exact) mass is 601 g/mol. The summed E-state index contributed by atoms with van der Waals surface area (Å²) in [6, 6.07) is 16.8. The van der Waals surface area contributed by atoms with Crippen molar-refractivity contribution in [3.8, 4) is 17.2 Å². The third-order valence-electron chi connectivity index (χ3n) is 5.28. The zero-order chi connectivity index (χ0) is 26.5. The van der Waals surface area contributed by atoms with Crippen LogP contribution in [0.4, 0.5) is 4.79 Å². The van der Waals surface area contributed by atoms with Crippen molar-refractivity contribution in [1.82, 2.24) is 4.90 Å². The van der Waals surface area contributed by atoms with Crippen molar-refractivity contribution in [3.63, 3.8) is 0 Å². The lowest BCUT2D eigenvalue weighted by Crippen LogP contribution is -2.27. The lowest BCUT2D eigenvalue weighted by atomic mass is 10.1. The minimum absolute atomic E-state index is 0.146. The van der Waals surface area contributed by atoms with Crippen LogP contribution in [-0.4, -0.2) is 35.7 Å². The van der Waals surface area contributed by atoms with Gasteiger partial charge in [0.15, 0.2) is 11.5 Å². The topological polar surface area (TPSA) is 82.1 Å². The van der Waals surface area contributed by atoms with Gasteiger partial charge in [-0.15, -0.1) is 0 Å². The number of rotatable bonds is 8. The van der Waals surface area contributed by atoms with E-state index in [-0.39, 0.29) is 22.4 Å². The van der Waals surface area contributed by atoms with E-state index in [4.69, 9.17) is 25.8 Å². The summed E-state index contributed by atoms with van der Waals surface area (Å²) < 4.78 is 16.9. The summed E-state index contributed by atoms with van der Waals surface area (Å²) in [4.78, 5) is 39.7. The minimum Gasteiger partial charge on any atom is -0.497 e. The largest absolute Gasteiger partial charge is 0.497 e. The molecule has 10 heteroatoms. The molecule has 0 bridgehead atoms. The van der Waals surface area contributed by atoms with Gasteiger partial charge in [0.2, 0.25) is 0 Å². The number of amides is 2. The van der Waals surface area contributed by atoms with Crippen LogP contribution in [0.2, 0.25) is 5.02 Å². The standard InChI is InChI=1S/C27H21BrClNO6S/c1-3-35-22-13-17(12-21(28)24(22)36-26(32)18-6-10-20(34-2)11-7-18)14-23-25(31)30(27(33)37-23)15-16-4-8-19(29)9-5-16/h4-14H,3,15H2,1-2H3/b23-14-. The number of carbonyl (C=O) groups excluding carboxylic acids is 3. The highest BCUT2D eigenvalue weighted by Crippen LogP contribution is 2.40. The molecule has 4 rings (SSSR count). The average molecular weight is 603 g/mol. The number of esters is 1. The molecule has 0 aromatic heterocycles. The molecule has 1 aliphatic rings. The summed E-state index contributed by atoms with van der Waals surface area (Å²) in [5.74, 6) is 0.171. The van der Waals surface area contributed by atoms with Gasteiger partial charge in [0.1, 0.15) is 5.75 Å². The van der Waals surface area contributed by atoms with E-state index in [1.54, 1.807) is 80.8 Å². The van der Waals surface area contributed by atoms with Gasteiger partial charge in [0.25, 0.3) is 11.1 Å². The molecule has 1 aliphatic heterocycles. The lowest BCUT2D eigenvalue weighted by molar-refractivity contribution is -0.123. The fourth-order valence-corrected chi connectivity index (χ4v) is 4.98. The molecule has 190 valence electrons. The number of hydrogen-bond donors (Lipinski definition) is 0. The van der Waals surface area contributed by atoms with Gasteiger partial charge in [-0.1, -0.05) is 23.7 Å². The number of benzene rings is 3. The summed E-state index contributed by atoms with van der Waals surface area (Å²) in [6.07, 6.45) is 1.61. The molecule has 3 aromatic carbocycles. The van der Waals surface area contributed by atoms with Crippen LogP contribution >= 0.6 is 39.3 Å². The average Bonchev–Trinajstić information content (AvgIpc) is 3.14. The van der Waals surface area contributed by atoms with Gasteiger partial charge in [0.05, 0.1) is 35.2 Å². The molecule has 0 unspecified atom stereocenters. The molecule has 1 saturated heterocycles. The molecule has 0 saturated carbocycles. The van der Waals surface area contributed by atoms with Crippen LogP contribution in [-0.2, 0) is 11.3 Å². The number of halogens is 2. The predicted octanol–water partition coefficient (Wildman–Crippen LogP) is 6.97. The van der Waals surface area contributed by atoms with E-state index in [0.29, 0.717) is 38.7 Å². The number of imide groups is 1. The van der Waals surface area contributed by atoms with Crippen LogP contribution in [0.3, 0.4) is 0 Å². The Kier molecular flexibility index (Phi) is 8.58. The third kappa shape index (κ3) is 6.36. The molecule has 2 amide bonds. The van der Waals surface area contributed by atoms with E-state index >= 15 is 0 Å². The Balaban J connectivity index is 1.56. The zero-order valence-electron chi connectivity index (χ0n) is 19.8. The molecule has 0 aliphatic carbocycles. The molecule has 3 aromatic rings. The van der Waals surface area contributed by atoms with Crippen LogP contribution in [0.5, 0.6) is 17.2 Å². The third-order valence-corrected chi connectivity index (χ3v) is 7.03. The number of nitrogens with zero attached hydrogens (tertiary/aromatic N) is 1. The van der Waals surface area contributed by atoms with Crippen molar-refractivity contribution >= 4 is 62.5 Å². The van der Waals surface area contributed by atoms with E-state index in [0.717, 1.165) is 17.3 Å². The molecule has 1 heterocycles. The van der Waals surface area contributed by atoms with Gasteiger partial charge < -0.3 is 14.2 Å². The van der Waals surface area contributed by atoms with Gasteiger partial charge in [-0.25, -0.2) is 4.79 Å². The van der Waals surface area contributed by atoms with E-state index in [9.17, 15) is 14.4 Å². The van der Waals surface area contributed by atoms with Gasteiger partial charge in [-0.2, -0.15) is 0 Å². The highest BCUT2D eigenvalue weighted by Gasteiger charge is 2.35. The van der Waals surface area contributed by atoms with Gasteiger partial charge in [-0.3, -0.25) is 14.5 Å². The van der Waals surface area contributed by atoms with E-state index in [1.165, 1.54) is 4.90 Å². The van der Waals surface area contributed by atoms with Crippen LogP contribution in [0.15, 0.2) is 70.0 Å². The fourth-order valence-electron chi connectivity index (χ4n) is 3.47. The minimum atomic E-state index is -0.569. The maximum absolute atomic E-state index is 13.0.